The average Bonchev–Trinajstić information content (AvgIpc) is 3.41. The van der Waals surface area contributed by atoms with Gasteiger partial charge in [-0.2, -0.15) is 5.10 Å². The van der Waals surface area contributed by atoms with E-state index in [9.17, 15) is 4.79 Å². The summed E-state index contributed by atoms with van der Waals surface area (Å²) >= 11 is 0. The maximum atomic E-state index is 13.2. The molecule has 0 unspecified atom stereocenters. The van der Waals surface area contributed by atoms with Gasteiger partial charge >= 0.3 is 0 Å². The summed E-state index contributed by atoms with van der Waals surface area (Å²) in [5.74, 6) is 3.15. The molecule has 3 heterocycles. The zero-order valence-electron chi connectivity index (χ0n) is 17.1. The van der Waals surface area contributed by atoms with E-state index in [1.807, 2.05) is 28.8 Å². The first kappa shape index (κ1) is 19.1. The Bertz CT molecular complexity index is 814. The quantitative estimate of drug-likeness (QED) is 0.736. The van der Waals surface area contributed by atoms with Crippen LogP contribution < -0.4 is 0 Å². The Morgan fingerprint density at radius 2 is 2.00 bits per heavy atom. The van der Waals surface area contributed by atoms with Crippen LogP contribution in [0.15, 0.2) is 24.5 Å². The van der Waals surface area contributed by atoms with Crippen molar-refractivity contribution in [1.29, 1.82) is 0 Å². The van der Waals surface area contributed by atoms with E-state index >= 15 is 0 Å². The Morgan fingerprint density at radius 1 is 1.25 bits per heavy atom. The molecule has 1 saturated carbocycles. The molecule has 0 aromatic carbocycles. The molecule has 0 spiro atoms. The number of fused-ring (bicyclic) bond motifs is 1. The van der Waals surface area contributed by atoms with Gasteiger partial charge < -0.3 is 4.90 Å². The van der Waals surface area contributed by atoms with E-state index in [1.165, 1.54) is 12.8 Å². The minimum absolute atomic E-state index is 0.0237. The molecule has 1 aliphatic heterocycles. The first-order chi connectivity index (χ1) is 13.5. The van der Waals surface area contributed by atoms with Gasteiger partial charge in [0.25, 0.3) is 0 Å². The van der Waals surface area contributed by atoms with Crippen LogP contribution in [0.1, 0.15) is 62.3 Å². The van der Waals surface area contributed by atoms with Crippen molar-refractivity contribution in [3.8, 4) is 0 Å². The Hall–Kier alpha value is -2.28. The van der Waals surface area contributed by atoms with E-state index in [0.717, 1.165) is 36.7 Å². The lowest BCUT2D eigenvalue weighted by Gasteiger charge is -2.37. The second kappa shape index (κ2) is 7.99. The Kier molecular flexibility index (Phi) is 5.44. The highest BCUT2D eigenvalue weighted by Gasteiger charge is 2.37. The lowest BCUT2D eigenvalue weighted by atomic mass is 10.00. The second-order valence-corrected chi connectivity index (χ2v) is 8.59. The molecular formula is C21H30N6O. The first-order valence-corrected chi connectivity index (χ1v) is 10.3. The van der Waals surface area contributed by atoms with E-state index in [2.05, 4.69) is 23.7 Å². The van der Waals surface area contributed by atoms with Gasteiger partial charge in [-0.15, -0.1) is 0 Å². The van der Waals surface area contributed by atoms with E-state index in [0.29, 0.717) is 24.9 Å². The first-order valence-electron chi connectivity index (χ1n) is 10.3. The zero-order chi connectivity index (χ0) is 19.7. The van der Waals surface area contributed by atoms with Crippen molar-refractivity contribution in [1.82, 2.24) is 29.5 Å². The summed E-state index contributed by atoms with van der Waals surface area (Å²) < 4.78 is 2.05. The largest absolute Gasteiger partial charge is 0.329 e. The van der Waals surface area contributed by atoms with Crippen LogP contribution in [-0.4, -0.2) is 55.6 Å². The fourth-order valence-corrected chi connectivity index (χ4v) is 3.95. The van der Waals surface area contributed by atoms with Crippen LogP contribution in [0, 0.1) is 5.92 Å². The number of hydrogen-bond acceptors (Lipinski definition) is 5. The third-order valence-electron chi connectivity index (χ3n) is 5.51. The number of nitrogens with zero attached hydrogens (tertiary/aromatic N) is 6. The molecule has 1 fully saturated rings. The predicted octanol–water partition coefficient (Wildman–Crippen LogP) is 2.61. The molecule has 1 atom stereocenters. The summed E-state index contributed by atoms with van der Waals surface area (Å²) in [5, 5.41) is 4.73. The van der Waals surface area contributed by atoms with Crippen LogP contribution in [-0.2, 0) is 17.9 Å². The van der Waals surface area contributed by atoms with E-state index in [1.54, 1.807) is 12.4 Å². The SMILES string of the molecule is CC(C)C[C@H]1c2nc(C3CC3)nn2CCN1C(=O)CN(C)Cc1ccncc1. The Balaban J connectivity index is 1.47. The van der Waals surface area contributed by atoms with Gasteiger partial charge in [0.05, 0.1) is 19.1 Å². The lowest BCUT2D eigenvalue weighted by molar-refractivity contribution is -0.136. The normalized spacial score (nSPS) is 19.3. The van der Waals surface area contributed by atoms with Crippen molar-refractivity contribution in [3.63, 3.8) is 0 Å². The van der Waals surface area contributed by atoms with Gasteiger partial charge in [-0.05, 0) is 49.9 Å². The number of rotatable bonds is 7. The van der Waals surface area contributed by atoms with Crippen LogP contribution in [0.4, 0.5) is 0 Å². The summed E-state index contributed by atoms with van der Waals surface area (Å²) in [6, 6.07) is 4.01. The topological polar surface area (TPSA) is 67.2 Å². The lowest BCUT2D eigenvalue weighted by Crippen LogP contribution is -2.46. The van der Waals surface area contributed by atoms with Gasteiger partial charge in [0.2, 0.25) is 5.91 Å². The molecule has 1 amide bonds. The minimum Gasteiger partial charge on any atom is -0.329 e. The molecule has 2 aromatic rings. The van der Waals surface area contributed by atoms with Crippen molar-refractivity contribution in [2.45, 2.75) is 58.2 Å². The molecule has 1 aliphatic carbocycles. The van der Waals surface area contributed by atoms with Crippen molar-refractivity contribution in [2.75, 3.05) is 20.1 Å². The molecule has 0 saturated heterocycles. The number of carbonyl (C=O) groups excluding carboxylic acids is 1. The van der Waals surface area contributed by atoms with Gasteiger partial charge in [0, 0.05) is 31.4 Å². The van der Waals surface area contributed by atoms with Gasteiger partial charge in [0.1, 0.15) is 5.82 Å². The van der Waals surface area contributed by atoms with Crippen molar-refractivity contribution in [3.05, 3.63) is 41.7 Å². The number of amides is 1. The highest BCUT2D eigenvalue weighted by atomic mass is 16.2. The molecule has 2 aromatic heterocycles. The molecule has 0 radical (unpaired) electrons. The highest BCUT2D eigenvalue weighted by molar-refractivity contribution is 5.78. The van der Waals surface area contributed by atoms with E-state index in [-0.39, 0.29) is 11.9 Å². The highest BCUT2D eigenvalue weighted by Crippen LogP contribution is 2.40. The number of aromatic nitrogens is 4. The molecule has 2 aliphatic rings. The van der Waals surface area contributed by atoms with Crippen LogP contribution in [0.3, 0.4) is 0 Å². The predicted molar refractivity (Wildman–Crippen MR) is 106 cm³/mol. The van der Waals surface area contributed by atoms with E-state index in [4.69, 9.17) is 10.1 Å². The summed E-state index contributed by atoms with van der Waals surface area (Å²) in [7, 11) is 1.99. The third kappa shape index (κ3) is 4.24. The zero-order valence-corrected chi connectivity index (χ0v) is 17.1. The maximum Gasteiger partial charge on any atom is 0.237 e. The van der Waals surface area contributed by atoms with Gasteiger partial charge in [-0.3, -0.25) is 14.7 Å². The molecular weight excluding hydrogens is 352 g/mol. The second-order valence-electron chi connectivity index (χ2n) is 8.59. The number of carbonyl (C=O) groups is 1. The summed E-state index contributed by atoms with van der Waals surface area (Å²) in [4.78, 5) is 26.2. The van der Waals surface area contributed by atoms with Crippen molar-refractivity contribution < 1.29 is 4.79 Å². The van der Waals surface area contributed by atoms with Crippen LogP contribution in [0.2, 0.25) is 0 Å². The number of likely N-dealkylation sites (N-methyl/N-ethyl adjacent to an activating group) is 1. The third-order valence-corrected chi connectivity index (χ3v) is 5.51. The fourth-order valence-electron chi connectivity index (χ4n) is 3.95. The maximum absolute atomic E-state index is 13.2. The molecule has 150 valence electrons. The molecule has 7 nitrogen and oxygen atoms in total. The number of pyridine rings is 1. The summed E-state index contributed by atoms with van der Waals surface area (Å²) in [5.41, 5.74) is 1.16. The minimum atomic E-state index is 0.0237. The molecule has 7 heteroatoms. The van der Waals surface area contributed by atoms with Crippen LogP contribution >= 0.6 is 0 Å². The average molecular weight is 383 g/mol. The summed E-state index contributed by atoms with van der Waals surface area (Å²) in [6.07, 6.45) is 6.89. The Labute approximate surface area is 166 Å². The Morgan fingerprint density at radius 3 is 2.68 bits per heavy atom. The summed E-state index contributed by atoms with van der Waals surface area (Å²) in [6.45, 7) is 6.99. The van der Waals surface area contributed by atoms with Gasteiger partial charge in [0.15, 0.2) is 5.82 Å². The van der Waals surface area contributed by atoms with Gasteiger partial charge in [-0.1, -0.05) is 13.8 Å². The fraction of sp³-hybridized carbons (Fsp3) is 0.619. The molecule has 0 N–H and O–H groups in total. The molecule has 0 bridgehead atoms. The number of hydrogen-bond donors (Lipinski definition) is 0. The smallest absolute Gasteiger partial charge is 0.237 e. The van der Waals surface area contributed by atoms with Crippen molar-refractivity contribution in [2.24, 2.45) is 5.92 Å². The molecule has 4 rings (SSSR count). The van der Waals surface area contributed by atoms with E-state index < -0.39 is 0 Å². The standard InChI is InChI=1S/C21H30N6O/c1-15(2)12-18-21-23-20(17-4-5-17)24-27(21)11-10-26(18)19(28)14-25(3)13-16-6-8-22-9-7-16/h6-9,15,17-18H,4-5,10-14H2,1-3H3/t18-/m0/s1. The van der Waals surface area contributed by atoms with Crippen LogP contribution in [0.25, 0.3) is 0 Å². The molecule has 28 heavy (non-hydrogen) atoms. The monoisotopic (exact) mass is 382 g/mol. The van der Waals surface area contributed by atoms with Crippen molar-refractivity contribution >= 4 is 5.91 Å². The van der Waals surface area contributed by atoms with Crippen LogP contribution in [0.5, 0.6) is 0 Å². The van der Waals surface area contributed by atoms with Gasteiger partial charge in [-0.25, -0.2) is 9.67 Å².